The van der Waals surface area contributed by atoms with Gasteiger partial charge in [-0.25, -0.2) is 9.37 Å². The first kappa shape index (κ1) is 13.6. The minimum Gasteiger partial charge on any atom is -0.326 e. The standard InChI is InChI=1S/C17H16FN3/c1-2-21(15-8-6-14(18)7-9-15)17-13(11-19)10-12-4-3-5-16(12)20-17/h6-10H,2-5H2,1H3. The largest absolute Gasteiger partial charge is 0.326 e. The molecule has 0 spiro atoms. The highest BCUT2D eigenvalue weighted by Gasteiger charge is 2.20. The van der Waals surface area contributed by atoms with E-state index in [1.54, 1.807) is 12.1 Å². The number of anilines is 2. The Morgan fingerprint density at radius 3 is 2.71 bits per heavy atom. The van der Waals surface area contributed by atoms with E-state index in [0.29, 0.717) is 17.9 Å². The predicted octanol–water partition coefficient (Wildman–Crippen LogP) is 3.74. The summed E-state index contributed by atoms with van der Waals surface area (Å²) in [5.41, 5.74) is 3.71. The molecular formula is C17H16FN3. The molecule has 3 rings (SSSR count). The van der Waals surface area contributed by atoms with Gasteiger partial charge in [0.1, 0.15) is 11.9 Å². The van der Waals surface area contributed by atoms with Gasteiger partial charge in [-0.1, -0.05) is 0 Å². The van der Waals surface area contributed by atoms with E-state index in [-0.39, 0.29) is 5.82 Å². The number of halogens is 1. The second-order valence-corrected chi connectivity index (χ2v) is 5.15. The molecule has 1 aromatic heterocycles. The Morgan fingerprint density at radius 2 is 2.05 bits per heavy atom. The molecule has 0 N–H and O–H groups in total. The number of nitrogens with zero attached hydrogens (tertiary/aromatic N) is 3. The van der Waals surface area contributed by atoms with Gasteiger partial charge in [-0.05, 0) is 62.1 Å². The maximum Gasteiger partial charge on any atom is 0.151 e. The van der Waals surface area contributed by atoms with Gasteiger partial charge in [0.15, 0.2) is 5.82 Å². The fourth-order valence-corrected chi connectivity index (χ4v) is 2.82. The van der Waals surface area contributed by atoms with Crippen molar-refractivity contribution in [1.29, 1.82) is 5.26 Å². The SMILES string of the molecule is CCN(c1ccc(F)cc1)c1nc2c(cc1C#N)CCC2. The summed E-state index contributed by atoms with van der Waals surface area (Å²) in [4.78, 5) is 6.66. The number of hydrogen-bond donors (Lipinski definition) is 0. The van der Waals surface area contributed by atoms with Crippen molar-refractivity contribution < 1.29 is 4.39 Å². The number of aromatic nitrogens is 1. The van der Waals surface area contributed by atoms with Crippen molar-refractivity contribution >= 4 is 11.5 Å². The van der Waals surface area contributed by atoms with Gasteiger partial charge in [-0.15, -0.1) is 0 Å². The van der Waals surface area contributed by atoms with E-state index in [9.17, 15) is 9.65 Å². The Morgan fingerprint density at radius 1 is 1.29 bits per heavy atom. The third-order valence-electron chi connectivity index (χ3n) is 3.86. The molecule has 1 aromatic carbocycles. The highest BCUT2D eigenvalue weighted by atomic mass is 19.1. The lowest BCUT2D eigenvalue weighted by Crippen LogP contribution is -2.19. The summed E-state index contributed by atoms with van der Waals surface area (Å²) >= 11 is 0. The first-order chi connectivity index (χ1) is 10.2. The molecule has 0 atom stereocenters. The summed E-state index contributed by atoms with van der Waals surface area (Å²) in [6, 6.07) is 10.5. The Hall–Kier alpha value is -2.41. The van der Waals surface area contributed by atoms with Crippen LogP contribution >= 0.6 is 0 Å². The zero-order valence-corrected chi connectivity index (χ0v) is 11.9. The molecule has 1 aliphatic rings. The van der Waals surface area contributed by atoms with E-state index in [1.165, 1.54) is 17.7 Å². The molecule has 106 valence electrons. The lowest BCUT2D eigenvalue weighted by molar-refractivity contribution is 0.627. The minimum absolute atomic E-state index is 0.266. The normalized spacial score (nSPS) is 12.8. The summed E-state index contributed by atoms with van der Waals surface area (Å²) in [5, 5.41) is 9.41. The Labute approximate surface area is 123 Å². The second-order valence-electron chi connectivity index (χ2n) is 5.15. The predicted molar refractivity (Wildman–Crippen MR) is 80.1 cm³/mol. The van der Waals surface area contributed by atoms with Gasteiger partial charge in [-0.2, -0.15) is 5.26 Å². The van der Waals surface area contributed by atoms with Crippen molar-refractivity contribution in [3.63, 3.8) is 0 Å². The Balaban J connectivity index is 2.08. The summed E-state index contributed by atoms with van der Waals surface area (Å²) < 4.78 is 13.1. The van der Waals surface area contributed by atoms with Crippen LogP contribution in [0.4, 0.5) is 15.9 Å². The van der Waals surface area contributed by atoms with Crippen molar-refractivity contribution in [3.8, 4) is 6.07 Å². The maximum atomic E-state index is 13.1. The molecule has 1 aliphatic carbocycles. The molecule has 0 amide bonds. The van der Waals surface area contributed by atoms with Gasteiger partial charge < -0.3 is 4.90 Å². The van der Waals surface area contributed by atoms with Crippen LogP contribution in [0.1, 0.15) is 30.2 Å². The third-order valence-corrected chi connectivity index (χ3v) is 3.86. The zero-order valence-electron chi connectivity index (χ0n) is 11.9. The molecule has 0 radical (unpaired) electrons. The lowest BCUT2D eigenvalue weighted by Gasteiger charge is -2.23. The number of hydrogen-bond acceptors (Lipinski definition) is 3. The number of benzene rings is 1. The molecule has 3 nitrogen and oxygen atoms in total. The molecule has 0 fully saturated rings. The number of nitriles is 1. The first-order valence-electron chi connectivity index (χ1n) is 7.19. The van der Waals surface area contributed by atoms with Crippen molar-refractivity contribution in [3.05, 3.63) is 53.0 Å². The number of aryl methyl sites for hydroxylation is 2. The second kappa shape index (κ2) is 5.53. The number of pyridine rings is 1. The van der Waals surface area contributed by atoms with Crippen molar-refractivity contribution in [2.45, 2.75) is 26.2 Å². The van der Waals surface area contributed by atoms with Crippen molar-refractivity contribution in [1.82, 2.24) is 4.98 Å². The molecular weight excluding hydrogens is 265 g/mol. The molecule has 0 saturated heterocycles. The number of fused-ring (bicyclic) bond motifs is 1. The highest BCUT2D eigenvalue weighted by molar-refractivity contribution is 5.66. The Kier molecular flexibility index (Phi) is 3.57. The molecule has 1 heterocycles. The fraction of sp³-hybridized carbons (Fsp3) is 0.294. The van der Waals surface area contributed by atoms with E-state index in [4.69, 9.17) is 4.98 Å². The van der Waals surface area contributed by atoms with E-state index in [1.807, 2.05) is 17.9 Å². The van der Waals surface area contributed by atoms with E-state index >= 15 is 0 Å². The highest BCUT2D eigenvalue weighted by Crippen LogP contribution is 2.31. The van der Waals surface area contributed by atoms with Crippen LogP contribution in [0, 0.1) is 17.1 Å². The molecule has 21 heavy (non-hydrogen) atoms. The topological polar surface area (TPSA) is 39.9 Å². The minimum atomic E-state index is -0.266. The smallest absolute Gasteiger partial charge is 0.151 e. The van der Waals surface area contributed by atoms with E-state index in [0.717, 1.165) is 30.6 Å². The van der Waals surface area contributed by atoms with Gasteiger partial charge in [0.25, 0.3) is 0 Å². The van der Waals surface area contributed by atoms with Crippen LogP contribution in [-0.2, 0) is 12.8 Å². The molecule has 0 saturated carbocycles. The third kappa shape index (κ3) is 2.47. The zero-order chi connectivity index (χ0) is 14.8. The van der Waals surface area contributed by atoms with Crippen molar-refractivity contribution in [2.24, 2.45) is 0 Å². The van der Waals surface area contributed by atoms with Crippen LogP contribution in [0.25, 0.3) is 0 Å². The summed E-state index contributed by atoms with van der Waals surface area (Å²) in [6.45, 7) is 2.67. The number of rotatable bonds is 3. The van der Waals surface area contributed by atoms with Gasteiger partial charge in [0.05, 0.1) is 5.56 Å². The first-order valence-corrected chi connectivity index (χ1v) is 7.19. The van der Waals surface area contributed by atoms with Gasteiger partial charge >= 0.3 is 0 Å². The summed E-state index contributed by atoms with van der Waals surface area (Å²) in [7, 11) is 0. The van der Waals surface area contributed by atoms with Crippen LogP contribution in [-0.4, -0.2) is 11.5 Å². The monoisotopic (exact) mass is 281 g/mol. The molecule has 0 aliphatic heterocycles. The fourth-order valence-electron chi connectivity index (χ4n) is 2.82. The van der Waals surface area contributed by atoms with Gasteiger partial charge in [0, 0.05) is 17.9 Å². The van der Waals surface area contributed by atoms with Gasteiger partial charge in [-0.3, -0.25) is 0 Å². The van der Waals surface area contributed by atoms with Crippen molar-refractivity contribution in [2.75, 3.05) is 11.4 Å². The van der Waals surface area contributed by atoms with E-state index < -0.39 is 0 Å². The molecule has 0 unspecified atom stereocenters. The molecule has 2 aromatic rings. The Bertz CT molecular complexity index is 701. The lowest BCUT2D eigenvalue weighted by atomic mass is 10.1. The summed E-state index contributed by atoms with van der Waals surface area (Å²) in [6.07, 6.45) is 3.06. The van der Waals surface area contributed by atoms with E-state index in [2.05, 4.69) is 6.07 Å². The van der Waals surface area contributed by atoms with Crippen LogP contribution in [0.15, 0.2) is 30.3 Å². The van der Waals surface area contributed by atoms with Crippen LogP contribution in [0.5, 0.6) is 0 Å². The summed E-state index contributed by atoms with van der Waals surface area (Å²) in [5.74, 6) is 0.407. The van der Waals surface area contributed by atoms with Crippen LogP contribution in [0.2, 0.25) is 0 Å². The van der Waals surface area contributed by atoms with Gasteiger partial charge in [0.2, 0.25) is 0 Å². The van der Waals surface area contributed by atoms with Crippen LogP contribution in [0.3, 0.4) is 0 Å². The average molecular weight is 281 g/mol. The molecule has 0 bridgehead atoms. The maximum absolute atomic E-state index is 13.1. The molecule has 4 heteroatoms. The quantitative estimate of drug-likeness (QED) is 0.860. The average Bonchev–Trinajstić information content (AvgIpc) is 2.96. The van der Waals surface area contributed by atoms with Crippen LogP contribution < -0.4 is 4.90 Å².